The van der Waals surface area contributed by atoms with E-state index in [1.54, 1.807) is 18.7 Å². The molecular formula is C19H20N2O3. The molecule has 5 heteroatoms. The number of pyridine rings is 1. The van der Waals surface area contributed by atoms with Crippen LogP contribution in [0.4, 0.5) is 0 Å². The maximum absolute atomic E-state index is 12.1. The van der Waals surface area contributed by atoms with Crippen molar-refractivity contribution in [3.05, 3.63) is 60.1 Å². The summed E-state index contributed by atoms with van der Waals surface area (Å²) >= 11 is 0. The molecule has 0 bridgehead atoms. The highest BCUT2D eigenvalue weighted by atomic mass is 16.5. The van der Waals surface area contributed by atoms with Crippen LogP contribution in [0, 0.1) is 6.92 Å². The Morgan fingerprint density at radius 2 is 2.25 bits per heavy atom. The van der Waals surface area contributed by atoms with Crippen LogP contribution in [0.3, 0.4) is 0 Å². The zero-order valence-corrected chi connectivity index (χ0v) is 13.6. The van der Waals surface area contributed by atoms with Gasteiger partial charge < -0.3 is 14.5 Å². The van der Waals surface area contributed by atoms with Crippen LogP contribution in [0.5, 0.6) is 5.75 Å². The largest absolute Gasteiger partial charge is 0.492 e. The molecule has 1 N–H and O–H groups in total. The van der Waals surface area contributed by atoms with Gasteiger partial charge in [-0.15, -0.1) is 0 Å². The molecule has 0 spiro atoms. The third-order valence-corrected chi connectivity index (χ3v) is 3.71. The Balaban J connectivity index is 1.42. The van der Waals surface area contributed by atoms with Gasteiger partial charge >= 0.3 is 0 Å². The van der Waals surface area contributed by atoms with E-state index in [-0.39, 0.29) is 5.91 Å². The lowest BCUT2D eigenvalue weighted by Crippen LogP contribution is -2.27. The Bertz CT molecular complexity index is 812. The number of aryl methyl sites for hydroxylation is 1. The number of furan rings is 1. The second-order valence-corrected chi connectivity index (χ2v) is 5.68. The smallest absolute Gasteiger partial charge is 0.224 e. The molecule has 0 saturated heterocycles. The fourth-order valence-corrected chi connectivity index (χ4v) is 2.49. The van der Waals surface area contributed by atoms with Gasteiger partial charge in [-0.1, -0.05) is 12.1 Å². The van der Waals surface area contributed by atoms with Crippen molar-refractivity contribution in [3.8, 4) is 5.75 Å². The third kappa shape index (κ3) is 4.13. The van der Waals surface area contributed by atoms with E-state index in [0.717, 1.165) is 34.3 Å². The molecule has 24 heavy (non-hydrogen) atoms. The summed E-state index contributed by atoms with van der Waals surface area (Å²) < 4.78 is 11.1. The lowest BCUT2D eigenvalue weighted by molar-refractivity contribution is -0.120. The van der Waals surface area contributed by atoms with Gasteiger partial charge in [0.25, 0.3) is 0 Å². The van der Waals surface area contributed by atoms with Crippen molar-refractivity contribution >= 4 is 16.9 Å². The summed E-state index contributed by atoms with van der Waals surface area (Å²) in [5.74, 6) is 0.726. The normalized spacial score (nSPS) is 10.7. The molecule has 3 rings (SSSR count). The number of rotatable bonds is 7. The SMILES string of the molecule is Cc1ccc2c(CC(=O)NCCCOc3cccnc3)coc2c1. The van der Waals surface area contributed by atoms with Crippen molar-refractivity contribution in [2.24, 2.45) is 0 Å². The maximum Gasteiger partial charge on any atom is 0.224 e. The number of benzene rings is 1. The Hall–Kier alpha value is -2.82. The minimum absolute atomic E-state index is 0.0142. The first-order chi connectivity index (χ1) is 11.7. The molecule has 0 fully saturated rings. The molecule has 0 aliphatic carbocycles. The van der Waals surface area contributed by atoms with E-state index in [1.165, 1.54) is 0 Å². The number of aromatic nitrogens is 1. The Morgan fingerprint density at radius 1 is 1.33 bits per heavy atom. The van der Waals surface area contributed by atoms with Crippen LogP contribution in [0.25, 0.3) is 11.0 Å². The summed E-state index contributed by atoms with van der Waals surface area (Å²) in [6.07, 6.45) is 6.10. The first-order valence-electron chi connectivity index (χ1n) is 7.98. The molecule has 3 aromatic rings. The van der Waals surface area contributed by atoms with Crippen molar-refractivity contribution in [1.29, 1.82) is 0 Å². The first-order valence-corrected chi connectivity index (χ1v) is 7.98. The molecule has 0 aliphatic rings. The van der Waals surface area contributed by atoms with Gasteiger partial charge in [-0.2, -0.15) is 0 Å². The van der Waals surface area contributed by atoms with Crippen LogP contribution in [0.2, 0.25) is 0 Å². The monoisotopic (exact) mass is 324 g/mol. The molecule has 5 nitrogen and oxygen atoms in total. The lowest BCUT2D eigenvalue weighted by atomic mass is 10.1. The van der Waals surface area contributed by atoms with Crippen LogP contribution < -0.4 is 10.1 Å². The van der Waals surface area contributed by atoms with E-state index in [2.05, 4.69) is 10.3 Å². The van der Waals surface area contributed by atoms with Crippen molar-refractivity contribution in [2.75, 3.05) is 13.2 Å². The molecule has 0 atom stereocenters. The van der Waals surface area contributed by atoms with Gasteiger partial charge in [0.1, 0.15) is 11.3 Å². The van der Waals surface area contributed by atoms with Gasteiger partial charge in [0.2, 0.25) is 5.91 Å². The fourth-order valence-electron chi connectivity index (χ4n) is 2.49. The van der Waals surface area contributed by atoms with Crippen LogP contribution >= 0.6 is 0 Å². The number of ether oxygens (including phenoxy) is 1. The van der Waals surface area contributed by atoms with E-state index >= 15 is 0 Å². The Morgan fingerprint density at radius 3 is 3.08 bits per heavy atom. The first kappa shape index (κ1) is 16.1. The minimum Gasteiger partial charge on any atom is -0.492 e. The highest BCUT2D eigenvalue weighted by molar-refractivity contribution is 5.87. The Labute approximate surface area is 140 Å². The molecule has 2 heterocycles. The van der Waals surface area contributed by atoms with Crippen molar-refractivity contribution in [3.63, 3.8) is 0 Å². The molecule has 0 radical (unpaired) electrons. The number of carbonyl (C=O) groups is 1. The number of nitrogens with zero attached hydrogens (tertiary/aromatic N) is 1. The van der Waals surface area contributed by atoms with Crippen LogP contribution in [-0.4, -0.2) is 24.0 Å². The molecule has 0 saturated carbocycles. The van der Waals surface area contributed by atoms with Gasteiger partial charge in [-0.25, -0.2) is 0 Å². The van der Waals surface area contributed by atoms with Crippen LogP contribution in [0.1, 0.15) is 17.5 Å². The molecule has 124 valence electrons. The molecule has 1 aromatic carbocycles. The van der Waals surface area contributed by atoms with Gasteiger partial charge in [-0.3, -0.25) is 9.78 Å². The fraction of sp³-hybridized carbons (Fsp3) is 0.263. The minimum atomic E-state index is -0.0142. The predicted molar refractivity (Wildman–Crippen MR) is 92.0 cm³/mol. The Kier molecular flexibility index (Phi) is 5.11. The highest BCUT2D eigenvalue weighted by Crippen LogP contribution is 2.22. The summed E-state index contributed by atoms with van der Waals surface area (Å²) in [7, 11) is 0. The second-order valence-electron chi connectivity index (χ2n) is 5.68. The van der Waals surface area contributed by atoms with Gasteiger partial charge in [0, 0.05) is 23.7 Å². The summed E-state index contributed by atoms with van der Waals surface area (Å²) in [5.41, 5.74) is 2.87. The number of carbonyl (C=O) groups excluding carboxylic acids is 1. The standard InChI is InChI=1S/C19H20N2O3/c1-14-5-6-17-15(13-24-18(17)10-14)11-19(22)21-8-3-9-23-16-4-2-7-20-12-16/h2,4-7,10,12-13H,3,8-9,11H2,1H3,(H,21,22). The van der Waals surface area contributed by atoms with Crippen LogP contribution in [-0.2, 0) is 11.2 Å². The van der Waals surface area contributed by atoms with Crippen molar-refractivity contribution in [2.45, 2.75) is 19.8 Å². The van der Waals surface area contributed by atoms with Crippen LogP contribution in [0.15, 0.2) is 53.4 Å². The quantitative estimate of drug-likeness (QED) is 0.678. The van der Waals surface area contributed by atoms with Crippen molar-refractivity contribution in [1.82, 2.24) is 10.3 Å². The summed E-state index contributed by atoms with van der Waals surface area (Å²) in [6.45, 7) is 3.13. The van der Waals surface area contributed by atoms with E-state index in [4.69, 9.17) is 9.15 Å². The van der Waals surface area contributed by atoms with Crippen molar-refractivity contribution < 1.29 is 13.9 Å². The van der Waals surface area contributed by atoms with Gasteiger partial charge in [-0.05, 0) is 37.1 Å². The van der Waals surface area contributed by atoms with Gasteiger partial charge in [0.15, 0.2) is 0 Å². The molecule has 0 aliphatic heterocycles. The predicted octanol–water partition coefficient (Wildman–Crippen LogP) is 3.26. The average Bonchev–Trinajstić information content (AvgIpc) is 2.97. The number of hydrogen-bond acceptors (Lipinski definition) is 4. The topological polar surface area (TPSA) is 64.4 Å². The van der Waals surface area contributed by atoms with Gasteiger partial charge in [0.05, 0.1) is 25.5 Å². The molecule has 0 unspecified atom stereocenters. The zero-order chi connectivity index (χ0) is 16.8. The second kappa shape index (κ2) is 7.64. The summed E-state index contributed by atoms with van der Waals surface area (Å²) in [6, 6.07) is 9.69. The lowest BCUT2D eigenvalue weighted by Gasteiger charge is -2.06. The van der Waals surface area contributed by atoms with E-state index < -0.39 is 0 Å². The molecular weight excluding hydrogens is 304 g/mol. The highest BCUT2D eigenvalue weighted by Gasteiger charge is 2.10. The van der Waals surface area contributed by atoms with E-state index in [0.29, 0.717) is 19.6 Å². The van der Waals surface area contributed by atoms with E-state index in [9.17, 15) is 4.79 Å². The maximum atomic E-state index is 12.1. The molecule has 2 aromatic heterocycles. The number of hydrogen-bond donors (Lipinski definition) is 1. The summed E-state index contributed by atoms with van der Waals surface area (Å²) in [4.78, 5) is 16.0. The third-order valence-electron chi connectivity index (χ3n) is 3.71. The van der Waals surface area contributed by atoms with E-state index in [1.807, 2.05) is 37.3 Å². The number of nitrogens with one attached hydrogen (secondary N) is 1. The average molecular weight is 324 g/mol. The molecule has 1 amide bonds. The number of fused-ring (bicyclic) bond motifs is 1. The number of amides is 1. The zero-order valence-electron chi connectivity index (χ0n) is 13.6. The summed E-state index contributed by atoms with van der Waals surface area (Å²) in [5, 5.41) is 3.90.